The quantitative estimate of drug-likeness (QED) is 0.145. The largest absolute Gasteiger partial charge is 0.455 e. The van der Waals surface area contributed by atoms with Crippen molar-refractivity contribution >= 4 is 39.0 Å². The van der Waals surface area contributed by atoms with E-state index in [1.54, 1.807) is 0 Å². The van der Waals surface area contributed by atoms with Crippen molar-refractivity contribution in [3.8, 4) is 66.8 Å². The van der Waals surface area contributed by atoms with E-state index in [1.807, 2.05) is 6.07 Å². The highest BCUT2D eigenvalue weighted by Gasteiger charge is 2.24. The average molecular weight is 792 g/mol. The van der Waals surface area contributed by atoms with Gasteiger partial charge in [-0.3, -0.25) is 0 Å². The summed E-state index contributed by atoms with van der Waals surface area (Å²) in [4.78, 5) is 2.43. The van der Waals surface area contributed by atoms with Gasteiger partial charge in [-0.15, -0.1) is 0 Å². The molecule has 0 aliphatic heterocycles. The summed E-state index contributed by atoms with van der Waals surface area (Å²) < 4.78 is 6.68. The van der Waals surface area contributed by atoms with Crippen molar-refractivity contribution in [3.05, 3.63) is 249 Å². The number of fused-ring (bicyclic) bond motifs is 3. The van der Waals surface area contributed by atoms with Gasteiger partial charge in [-0.05, 0) is 80.4 Å². The van der Waals surface area contributed by atoms with E-state index in [9.17, 15) is 0 Å². The SMILES string of the molecule is c1ccc(-c2ccccc2-c2ccc(N(c3ccccc3-c3ccccc3-c3ccccc3-c3ccccc3)c3ccccc3-c3cccc4c3oc3ccccc34)cc2)cc1. The number of rotatable bonds is 9. The van der Waals surface area contributed by atoms with Gasteiger partial charge in [0.1, 0.15) is 11.2 Å². The van der Waals surface area contributed by atoms with E-state index >= 15 is 0 Å². The van der Waals surface area contributed by atoms with Crippen molar-refractivity contribution in [2.24, 2.45) is 0 Å². The molecule has 10 aromatic carbocycles. The lowest BCUT2D eigenvalue weighted by Gasteiger charge is -2.30. The third kappa shape index (κ3) is 6.65. The van der Waals surface area contributed by atoms with Crippen LogP contribution in [-0.2, 0) is 0 Å². The summed E-state index contributed by atoms with van der Waals surface area (Å²) in [5.41, 5.74) is 18.8. The monoisotopic (exact) mass is 791 g/mol. The summed E-state index contributed by atoms with van der Waals surface area (Å²) in [6, 6.07) is 89.0. The maximum absolute atomic E-state index is 6.68. The Hall–Kier alpha value is -8.20. The Kier molecular flexibility index (Phi) is 9.57. The highest BCUT2D eigenvalue weighted by Crippen LogP contribution is 2.49. The van der Waals surface area contributed by atoms with Crippen molar-refractivity contribution < 1.29 is 4.42 Å². The van der Waals surface area contributed by atoms with Crippen LogP contribution in [0, 0.1) is 0 Å². The Labute approximate surface area is 362 Å². The molecule has 0 spiro atoms. The second kappa shape index (κ2) is 16.1. The molecule has 0 radical (unpaired) electrons. The highest BCUT2D eigenvalue weighted by atomic mass is 16.3. The number of hydrogen-bond donors (Lipinski definition) is 0. The lowest BCUT2D eigenvalue weighted by Crippen LogP contribution is -2.12. The minimum absolute atomic E-state index is 0.880. The number of benzene rings is 10. The van der Waals surface area contributed by atoms with E-state index < -0.39 is 0 Å². The Morgan fingerprint density at radius 1 is 0.242 bits per heavy atom. The van der Waals surface area contributed by atoms with E-state index in [1.165, 1.54) is 38.9 Å². The molecule has 0 amide bonds. The summed E-state index contributed by atoms with van der Waals surface area (Å²) in [6.45, 7) is 0. The Balaban J connectivity index is 1.13. The highest BCUT2D eigenvalue weighted by molar-refractivity contribution is 6.11. The second-order valence-electron chi connectivity index (χ2n) is 15.6. The van der Waals surface area contributed by atoms with Crippen molar-refractivity contribution in [2.75, 3.05) is 4.90 Å². The maximum Gasteiger partial charge on any atom is 0.143 e. The Morgan fingerprint density at radius 2 is 0.613 bits per heavy atom. The van der Waals surface area contributed by atoms with E-state index in [4.69, 9.17) is 4.42 Å². The molecule has 0 unspecified atom stereocenters. The van der Waals surface area contributed by atoms with Crippen LogP contribution in [0.3, 0.4) is 0 Å². The number of anilines is 3. The van der Waals surface area contributed by atoms with Gasteiger partial charge in [-0.25, -0.2) is 0 Å². The number of para-hydroxylation sites is 4. The third-order valence-corrected chi connectivity index (χ3v) is 12.0. The third-order valence-electron chi connectivity index (χ3n) is 12.0. The van der Waals surface area contributed by atoms with Gasteiger partial charge in [-0.2, -0.15) is 0 Å². The van der Waals surface area contributed by atoms with E-state index in [2.05, 4.69) is 248 Å². The zero-order chi connectivity index (χ0) is 41.2. The predicted molar refractivity (Wildman–Crippen MR) is 261 cm³/mol. The van der Waals surface area contributed by atoms with Gasteiger partial charge in [0.25, 0.3) is 0 Å². The molecule has 0 N–H and O–H groups in total. The fourth-order valence-corrected chi connectivity index (χ4v) is 9.09. The zero-order valence-corrected chi connectivity index (χ0v) is 34.0. The molecule has 2 nitrogen and oxygen atoms in total. The molecule has 0 saturated heterocycles. The molecule has 1 heterocycles. The van der Waals surface area contributed by atoms with Gasteiger partial charge in [0, 0.05) is 33.2 Å². The minimum atomic E-state index is 0.880. The van der Waals surface area contributed by atoms with Crippen molar-refractivity contribution in [3.63, 3.8) is 0 Å². The van der Waals surface area contributed by atoms with Gasteiger partial charge >= 0.3 is 0 Å². The van der Waals surface area contributed by atoms with Crippen molar-refractivity contribution in [2.45, 2.75) is 0 Å². The lowest BCUT2D eigenvalue weighted by molar-refractivity contribution is 0.670. The molecule has 1 aromatic heterocycles. The van der Waals surface area contributed by atoms with Gasteiger partial charge in [0.05, 0.1) is 11.4 Å². The first-order valence-corrected chi connectivity index (χ1v) is 21.2. The summed E-state index contributed by atoms with van der Waals surface area (Å²) in [5.74, 6) is 0. The number of furan rings is 1. The fraction of sp³-hybridized carbons (Fsp3) is 0. The van der Waals surface area contributed by atoms with Crippen molar-refractivity contribution in [1.82, 2.24) is 0 Å². The van der Waals surface area contributed by atoms with Crippen LogP contribution in [0.4, 0.5) is 17.1 Å². The van der Waals surface area contributed by atoms with E-state index in [-0.39, 0.29) is 0 Å². The summed E-state index contributed by atoms with van der Waals surface area (Å²) in [6.07, 6.45) is 0. The minimum Gasteiger partial charge on any atom is -0.455 e. The van der Waals surface area contributed by atoms with Gasteiger partial charge in [-0.1, -0.05) is 218 Å². The second-order valence-corrected chi connectivity index (χ2v) is 15.6. The van der Waals surface area contributed by atoms with Crippen LogP contribution in [0.1, 0.15) is 0 Å². The van der Waals surface area contributed by atoms with Gasteiger partial charge in [0.2, 0.25) is 0 Å². The van der Waals surface area contributed by atoms with Crippen LogP contribution in [0.5, 0.6) is 0 Å². The van der Waals surface area contributed by atoms with Crippen LogP contribution >= 0.6 is 0 Å². The zero-order valence-electron chi connectivity index (χ0n) is 34.0. The standard InChI is InChI=1S/C60H41NO/c1-3-20-42(21-4-1)46-24-7-8-25-47(46)44-38-40-45(41-39-44)61(58-36-17-14-31-53(58)55-33-19-34-56-54-32-15-18-37-59(54)62-60(55)56)57-35-16-13-30-52(57)51-29-12-11-28-50(51)49-27-10-9-26-48(49)43-22-5-2-6-23-43/h1-41H. The summed E-state index contributed by atoms with van der Waals surface area (Å²) in [5, 5.41) is 2.22. The normalized spacial score (nSPS) is 11.2. The van der Waals surface area contributed by atoms with E-state index in [0.717, 1.165) is 66.8 Å². The molecule has 292 valence electrons. The summed E-state index contributed by atoms with van der Waals surface area (Å²) in [7, 11) is 0. The lowest BCUT2D eigenvalue weighted by atomic mass is 9.88. The van der Waals surface area contributed by atoms with Crippen LogP contribution < -0.4 is 4.90 Å². The Morgan fingerprint density at radius 3 is 1.19 bits per heavy atom. The molecule has 0 aliphatic carbocycles. The first kappa shape index (κ1) is 36.8. The molecular formula is C60H41NO. The first-order chi connectivity index (χ1) is 30.8. The molecule has 0 saturated carbocycles. The summed E-state index contributed by atoms with van der Waals surface area (Å²) >= 11 is 0. The van der Waals surface area contributed by atoms with E-state index in [0.29, 0.717) is 0 Å². The van der Waals surface area contributed by atoms with Crippen LogP contribution in [0.15, 0.2) is 253 Å². The maximum atomic E-state index is 6.68. The van der Waals surface area contributed by atoms with Crippen LogP contribution in [0.2, 0.25) is 0 Å². The molecule has 0 aliphatic rings. The molecule has 11 rings (SSSR count). The smallest absolute Gasteiger partial charge is 0.143 e. The number of nitrogens with zero attached hydrogens (tertiary/aromatic N) is 1. The molecule has 0 atom stereocenters. The molecule has 0 fully saturated rings. The Bertz CT molecular complexity index is 3350. The molecule has 2 heteroatoms. The van der Waals surface area contributed by atoms with Crippen LogP contribution in [0.25, 0.3) is 88.7 Å². The number of hydrogen-bond acceptors (Lipinski definition) is 2. The predicted octanol–water partition coefficient (Wildman–Crippen LogP) is 17.1. The average Bonchev–Trinajstić information content (AvgIpc) is 3.74. The first-order valence-electron chi connectivity index (χ1n) is 21.2. The molecule has 0 bridgehead atoms. The molecular weight excluding hydrogens is 751 g/mol. The molecule has 11 aromatic rings. The van der Waals surface area contributed by atoms with Crippen molar-refractivity contribution in [1.29, 1.82) is 0 Å². The van der Waals surface area contributed by atoms with Crippen LogP contribution in [-0.4, -0.2) is 0 Å². The van der Waals surface area contributed by atoms with Gasteiger partial charge in [0.15, 0.2) is 0 Å². The molecule has 62 heavy (non-hydrogen) atoms. The van der Waals surface area contributed by atoms with Gasteiger partial charge < -0.3 is 9.32 Å². The fourth-order valence-electron chi connectivity index (χ4n) is 9.09. The topological polar surface area (TPSA) is 16.4 Å².